The minimum atomic E-state index is 0.0669. The predicted molar refractivity (Wildman–Crippen MR) is 114 cm³/mol. The number of carbonyl (C=O) groups is 1. The zero-order valence-electron chi connectivity index (χ0n) is 15.4. The molecular formula is C20H21ClN4OS2. The number of halogens is 1. The first-order chi connectivity index (χ1) is 13.7. The molecule has 28 heavy (non-hydrogen) atoms. The molecule has 4 rings (SSSR count). The number of carbonyl (C=O) groups excluding carboxylic acids is 1. The number of benzene rings is 1. The topological polar surface area (TPSA) is 51.0 Å². The minimum Gasteiger partial charge on any atom is -0.300 e. The van der Waals surface area contributed by atoms with Crippen LogP contribution in [0, 0.1) is 0 Å². The van der Waals surface area contributed by atoms with Crippen LogP contribution in [0.2, 0.25) is 4.34 Å². The molecule has 1 aromatic carbocycles. The maximum Gasteiger partial charge on any atom is 0.192 e. The normalized spacial score (nSPS) is 14.6. The standard InChI is InChI=1S/C20H21ClN4OS2/c21-18-9-8-17(28-18)16(26)14-27-20-23-22-19(13-24-10-4-5-11-24)25(20)12-15-6-2-1-3-7-15/h1-3,6-9H,4-5,10-14H2. The van der Waals surface area contributed by atoms with Crippen molar-refractivity contribution in [2.24, 2.45) is 0 Å². The number of likely N-dealkylation sites (tertiary alicyclic amines) is 1. The van der Waals surface area contributed by atoms with Crippen LogP contribution in [0.1, 0.15) is 33.9 Å². The lowest BCUT2D eigenvalue weighted by molar-refractivity contribution is 0.102. The Labute approximate surface area is 177 Å². The van der Waals surface area contributed by atoms with E-state index in [1.54, 1.807) is 12.1 Å². The van der Waals surface area contributed by atoms with Crippen molar-refractivity contribution < 1.29 is 4.79 Å². The van der Waals surface area contributed by atoms with Crippen molar-refractivity contribution in [1.29, 1.82) is 0 Å². The van der Waals surface area contributed by atoms with E-state index in [9.17, 15) is 4.79 Å². The number of hydrogen-bond acceptors (Lipinski definition) is 6. The third-order valence-electron chi connectivity index (χ3n) is 4.72. The smallest absolute Gasteiger partial charge is 0.192 e. The molecule has 0 amide bonds. The van der Waals surface area contributed by atoms with Gasteiger partial charge in [-0.25, -0.2) is 0 Å². The summed E-state index contributed by atoms with van der Waals surface area (Å²) >= 11 is 8.71. The molecule has 0 saturated carbocycles. The first-order valence-corrected chi connectivity index (χ1v) is 11.5. The summed E-state index contributed by atoms with van der Waals surface area (Å²) in [5.41, 5.74) is 1.20. The van der Waals surface area contributed by atoms with E-state index in [1.807, 2.05) is 18.2 Å². The molecule has 1 aliphatic rings. The molecule has 3 heterocycles. The molecule has 0 radical (unpaired) electrons. The van der Waals surface area contributed by atoms with Crippen molar-refractivity contribution in [2.45, 2.75) is 31.1 Å². The van der Waals surface area contributed by atoms with E-state index in [1.165, 1.54) is 41.5 Å². The Bertz CT molecular complexity index is 935. The molecule has 3 aromatic rings. The monoisotopic (exact) mass is 432 g/mol. The number of aromatic nitrogens is 3. The van der Waals surface area contributed by atoms with E-state index in [0.717, 1.165) is 30.6 Å². The van der Waals surface area contributed by atoms with E-state index >= 15 is 0 Å². The van der Waals surface area contributed by atoms with Gasteiger partial charge in [-0.2, -0.15) is 0 Å². The largest absolute Gasteiger partial charge is 0.300 e. The molecular weight excluding hydrogens is 412 g/mol. The SMILES string of the molecule is O=C(CSc1nnc(CN2CCCC2)n1Cc1ccccc1)c1ccc(Cl)s1. The molecule has 8 heteroatoms. The predicted octanol–water partition coefficient (Wildman–Crippen LogP) is 4.61. The molecule has 0 aliphatic carbocycles. The van der Waals surface area contributed by atoms with Crippen molar-refractivity contribution in [3.8, 4) is 0 Å². The average molecular weight is 433 g/mol. The van der Waals surface area contributed by atoms with Crippen LogP contribution in [0.4, 0.5) is 0 Å². The van der Waals surface area contributed by atoms with Crippen LogP contribution < -0.4 is 0 Å². The summed E-state index contributed by atoms with van der Waals surface area (Å²) in [6, 6.07) is 13.8. The highest BCUT2D eigenvalue weighted by Gasteiger charge is 2.19. The van der Waals surface area contributed by atoms with Gasteiger partial charge >= 0.3 is 0 Å². The lowest BCUT2D eigenvalue weighted by atomic mass is 10.2. The van der Waals surface area contributed by atoms with Gasteiger partial charge in [0, 0.05) is 0 Å². The second-order valence-electron chi connectivity index (χ2n) is 6.77. The van der Waals surface area contributed by atoms with Gasteiger partial charge in [0.25, 0.3) is 0 Å². The second kappa shape index (κ2) is 9.22. The summed E-state index contributed by atoms with van der Waals surface area (Å²) in [4.78, 5) is 15.6. The molecule has 1 saturated heterocycles. The van der Waals surface area contributed by atoms with E-state index in [4.69, 9.17) is 11.6 Å². The van der Waals surface area contributed by atoms with Crippen molar-refractivity contribution in [2.75, 3.05) is 18.8 Å². The first kappa shape index (κ1) is 19.6. The Morgan fingerprint density at radius 3 is 2.57 bits per heavy atom. The number of ketones is 1. The molecule has 1 fully saturated rings. The molecule has 0 N–H and O–H groups in total. The molecule has 2 aromatic heterocycles. The molecule has 5 nitrogen and oxygen atoms in total. The van der Waals surface area contributed by atoms with Crippen LogP contribution in [0.5, 0.6) is 0 Å². The van der Waals surface area contributed by atoms with Gasteiger partial charge in [-0.05, 0) is 43.6 Å². The average Bonchev–Trinajstić information content (AvgIpc) is 3.45. The van der Waals surface area contributed by atoms with E-state index in [2.05, 4.69) is 31.8 Å². The van der Waals surface area contributed by atoms with Crippen LogP contribution in [0.25, 0.3) is 0 Å². The first-order valence-electron chi connectivity index (χ1n) is 9.29. The highest BCUT2D eigenvalue weighted by atomic mass is 35.5. The lowest BCUT2D eigenvalue weighted by Gasteiger charge is -2.16. The second-order valence-corrected chi connectivity index (χ2v) is 9.43. The summed E-state index contributed by atoms with van der Waals surface area (Å²) in [6.45, 7) is 3.73. The maximum absolute atomic E-state index is 12.5. The molecule has 146 valence electrons. The third kappa shape index (κ3) is 4.84. The zero-order chi connectivity index (χ0) is 19.3. The van der Waals surface area contributed by atoms with Gasteiger partial charge in [-0.1, -0.05) is 53.7 Å². The van der Waals surface area contributed by atoms with E-state index in [0.29, 0.717) is 21.5 Å². The Morgan fingerprint density at radius 1 is 1.07 bits per heavy atom. The number of rotatable bonds is 8. The zero-order valence-corrected chi connectivity index (χ0v) is 17.8. The fourth-order valence-corrected chi connectivity index (χ4v) is 5.19. The molecule has 0 bridgehead atoms. The van der Waals surface area contributed by atoms with Crippen molar-refractivity contribution >= 4 is 40.5 Å². The summed E-state index contributed by atoms with van der Waals surface area (Å²) in [5, 5.41) is 9.64. The van der Waals surface area contributed by atoms with Gasteiger partial charge in [-0.3, -0.25) is 9.69 Å². The van der Waals surface area contributed by atoms with Gasteiger partial charge in [0.15, 0.2) is 10.9 Å². The number of nitrogens with zero attached hydrogens (tertiary/aromatic N) is 4. The minimum absolute atomic E-state index is 0.0669. The van der Waals surface area contributed by atoms with Gasteiger partial charge in [0.05, 0.1) is 28.1 Å². The van der Waals surface area contributed by atoms with Crippen LogP contribution in [0.3, 0.4) is 0 Å². The van der Waals surface area contributed by atoms with E-state index < -0.39 is 0 Å². The highest BCUT2D eigenvalue weighted by molar-refractivity contribution is 7.99. The summed E-state index contributed by atoms with van der Waals surface area (Å²) in [6.07, 6.45) is 2.48. The highest BCUT2D eigenvalue weighted by Crippen LogP contribution is 2.25. The molecule has 0 unspecified atom stereocenters. The van der Waals surface area contributed by atoms with Crippen molar-refractivity contribution in [3.63, 3.8) is 0 Å². The number of hydrogen-bond donors (Lipinski definition) is 0. The van der Waals surface area contributed by atoms with Gasteiger partial charge in [0.2, 0.25) is 0 Å². The lowest BCUT2D eigenvalue weighted by Crippen LogP contribution is -2.21. The summed E-state index contributed by atoms with van der Waals surface area (Å²) in [7, 11) is 0. The number of thiophene rings is 1. The van der Waals surface area contributed by atoms with Crippen molar-refractivity contribution in [3.05, 3.63) is 63.1 Å². The third-order valence-corrected chi connectivity index (χ3v) is 6.96. The van der Waals surface area contributed by atoms with Crippen LogP contribution in [0.15, 0.2) is 47.6 Å². The summed E-state index contributed by atoms with van der Waals surface area (Å²) in [5.74, 6) is 1.35. The van der Waals surface area contributed by atoms with Crippen LogP contribution in [-0.4, -0.2) is 44.3 Å². The quantitative estimate of drug-likeness (QED) is 0.384. The van der Waals surface area contributed by atoms with Gasteiger partial charge < -0.3 is 4.57 Å². The molecule has 1 aliphatic heterocycles. The number of thioether (sulfide) groups is 1. The Balaban J connectivity index is 1.51. The Kier molecular flexibility index (Phi) is 6.47. The Morgan fingerprint density at radius 2 is 1.86 bits per heavy atom. The van der Waals surface area contributed by atoms with Crippen molar-refractivity contribution in [1.82, 2.24) is 19.7 Å². The van der Waals surface area contributed by atoms with Gasteiger partial charge in [0.1, 0.15) is 5.82 Å². The van der Waals surface area contributed by atoms with Crippen LogP contribution in [-0.2, 0) is 13.1 Å². The van der Waals surface area contributed by atoms with E-state index in [-0.39, 0.29) is 5.78 Å². The molecule has 0 spiro atoms. The summed E-state index contributed by atoms with van der Waals surface area (Å²) < 4.78 is 2.78. The number of Topliss-reactive ketones (excluding diaryl/α,β-unsaturated/α-hetero) is 1. The Hall–Kier alpha value is -1.67. The fourth-order valence-electron chi connectivity index (χ4n) is 3.27. The van der Waals surface area contributed by atoms with Gasteiger partial charge in [-0.15, -0.1) is 21.5 Å². The fraction of sp³-hybridized carbons (Fsp3) is 0.350. The van der Waals surface area contributed by atoms with Crippen LogP contribution >= 0.6 is 34.7 Å². The maximum atomic E-state index is 12.5. The molecule has 0 atom stereocenters.